The van der Waals surface area contributed by atoms with Crippen LogP contribution in [0.3, 0.4) is 0 Å². The van der Waals surface area contributed by atoms with Gasteiger partial charge in [-0.2, -0.15) is 0 Å². The molecular formula is C17H31NO4Si. The van der Waals surface area contributed by atoms with E-state index in [-0.39, 0.29) is 16.4 Å². The fourth-order valence-corrected chi connectivity index (χ4v) is 3.12. The van der Waals surface area contributed by atoms with E-state index >= 15 is 0 Å². The Kier molecular flexibility index (Phi) is 6.23. The molecule has 0 saturated carbocycles. The molecule has 23 heavy (non-hydrogen) atoms. The Morgan fingerprint density at radius 3 is 2.30 bits per heavy atom. The van der Waals surface area contributed by atoms with Gasteiger partial charge >= 0.3 is 0 Å². The third-order valence-corrected chi connectivity index (χ3v) is 9.23. The summed E-state index contributed by atoms with van der Waals surface area (Å²) >= 11 is 0. The van der Waals surface area contributed by atoms with E-state index in [0.717, 1.165) is 0 Å². The number of methoxy groups -OCH3 is 1. The molecule has 1 atom stereocenters. The molecule has 1 aromatic rings. The van der Waals surface area contributed by atoms with Crippen molar-refractivity contribution in [2.75, 3.05) is 13.7 Å². The minimum atomic E-state index is -1.91. The summed E-state index contributed by atoms with van der Waals surface area (Å²) in [7, 11) is -0.421. The van der Waals surface area contributed by atoms with Crippen LogP contribution in [0.1, 0.15) is 50.6 Å². The van der Waals surface area contributed by atoms with E-state index in [2.05, 4.69) is 33.9 Å². The molecule has 2 N–H and O–H groups in total. The first-order valence-corrected chi connectivity index (χ1v) is 11.0. The van der Waals surface area contributed by atoms with Crippen LogP contribution in [0.15, 0.2) is 9.21 Å². The van der Waals surface area contributed by atoms with Gasteiger partial charge in [0.2, 0.25) is 0 Å². The first-order valence-electron chi connectivity index (χ1n) is 8.06. The molecule has 0 fully saturated rings. The summed E-state index contributed by atoms with van der Waals surface area (Å²) in [5.41, 5.74) is 7.30. The van der Waals surface area contributed by atoms with E-state index < -0.39 is 14.4 Å². The van der Waals surface area contributed by atoms with Gasteiger partial charge in [-0.25, -0.2) is 0 Å². The second-order valence-electron chi connectivity index (χ2n) is 7.42. The van der Waals surface area contributed by atoms with Crippen molar-refractivity contribution in [3.63, 3.8) is 0 Å². The Labute approximate surface area is 140 Å². The van der Waals surface area contributed by atoms with Gasteiger partial charge in [0.15, 0.2) is 13.7 Å². The molecule has 0 aromatic carbocycles. The third-order valence-electron chi connectivity index (χ3n) is 4.73. The lowest BCUT2D eigenvalue weighted by molar-refractivity contribution is 0.227. The Hall–Kier alpha value is -1.11. The lowest BCUT2D eigenvalue weighted by atomic mass is 10.1. The minimum absolute atomic E-state index is 0.0617. The van der Waals surface area contributed by atoms with E-state index in [1.54, 1.807) is 6.92 Å². The molecule has 132 valence electrons. The Balaban J connectivity index is 3.11. The van der Waals surface area contributed by atoms with Crippen LogP contribution in [0, 0.1) is 6.92 Å². The normalized spacial score (nSPS) is 14.0. The van der Waals surface area contributed by atoms with Crippen LogP contribution < -0.4 is 15.9 Å². The molecule has 1 aromatic heterocycles. The summed E-state index contributed by atoms with van der Waals surface area (Å²) in [5, 5.41) is 0.103. The molecule has 6 heteroatoms. The molecule has 0 saturated heterocycles. The maximum atomic E-state index is 12.4. The Morgan fingerprint density at radius 1 is 1.30 bits per heavy atom. The van der Waals surface area contributed by atoms with Crippen LogP contribution >= 0.6 is 0 Å². The van der Waals surface area contributed by atoms with E-state index in [1.165, 1.54) is 7.11 Å². The number of ether oxygens (including phenoxy) is 1. The van der Waals surface area contributed by atoms with E-state index in [0.29, 0.717) is 29.9 Å². The fourth-order valence-electron chi connectivity index (χ4n) is 2.09. The van der Waals surface area contributed by atoms with Crippen LogP contribution in [0.25, 0.3) is 0 Å². The zero-order valence-electron chi connectivity index (χ0n) is 15.7. The maximum absolute atomic E-state index is 12.4. The molecule has 0 amide bonds. The highest BCUT2D eigenvalue weighted by molar-refractivity contribution is 6.74. The highest BCUT2D eigenvalue weighted by atomic mass is 28.4. The van der Waals surface area contributed by atoms with Crippen molar-refractivity contribution >= 4 is 8.32 Å². The van der Waals surface area contributed by atoms with Crippen LogP contribution in [0.2, 0.25) is 18.1 Å². The standard InChI is InChI=1S/C17H31NO4Si/c1-9-12-14(19)11(2)16(20-6)22-15(12)13(18)10-21-23(7,8)17(3,4)5/h13H,9-10,18H2,1-8H3. The van der Waals surface area contributed by atoms with Gasteiger partial charge in [0.25, 0.3) is 5.95 Å². The van der Waals surface area contributed by atoms with Crippen LogP contribution in [0.4, 0.5) is 0 Å². The van der Waals surface area contributed by atoms with Gasteiger partial charge in [0.1, 0.15) is 5.76 Å². The largest absolute Gasteiger partial charge is 0.468 e. The zero-order valence-corrected chi connectivity index (χ0v) is 16.7. The molecule has 0 aliphatic rings. The Bertz CT molecular complexity index is 602. The maximum Gasteiger partial charge on any atom is 0.291 e. The molecule has 0 spiro atoms. The topological polar surface area (TPSA) is 74.7 Å². The van der Waals surface area contributed by atoms with Crippen LogP contribution in [0.5, 0.6) is 5.95 Å². The summed E-state index contributed by atoms with van der Waals surface area (Å²) in [4.78, 5) is 12.4. The molecule has 0 aliphatic carbocycles. The van der Waals surface area contributed by atoms with Crippen molar-refractivity contribution in [2.45, 2.75) is 65.2 Å². The molecular weight excluding hydrogens is 310 g/mol. The first-order chi connectivity index (χ1) is 10.5. The number of hydrogen-bond donors (Lipinski definition) is 1. The second kappa shape index (κ2) is 7.19. The number of nitrogens with two attached hydrogens (primary N) is 1. The van der Waals surface area contributed by atoms with Crippen molar-refractivity contribution in [2.24, 2.45) is 5.73 Å². The van der Waals surface area contributed by atoms with Gasteiger partial charge in [-0.15, -0.1) is 0 Å². The van der Waals surface area contributed by atoms with Crippen molar-refractivity contribution in [1.29, 1.82) is 0 Å². The minimum Gasteiger partial charge on any atom is -0.468 e. The molecule has 1 rings (SSSR count). The number of hydrogen-bond acceptors (Lipinski definition) is 5. The fraction of sp³-hybridized carbons (Fsp3) is 0.706. The molecule has 1 heterocycles. The summed E-state index contributed by atoms with van der Waals surface area (Å²) < 4.78 is 17.1. The molecule has 0 radical (unpaired) electrons. The van der Waals surface area contributed by atoms with Crippen molar-refractivity contribution in [3.05, 3.63) is 27.1 Å². The highest BCUT2D eigenvalue weighted by Gasteiger charge is 2.37. The molecule has 5 nitrogen and oxygen atoms in total. The van der Waals surface area contributed by atoms with Gasteiger partial charge in [-0.05, 0) is 31.5 Å². The molecule has 0 aliphatic heterocycles. The highest BCUT2D eigenvalue weighted by Crippen LogP contribution is 2.37. The first kappa shape index (κ1) is 19.9. The smallest absolute Gasteiger partial charge is 0.291 e. The monoisotopic (exact) mass is 341 g/mol. The zero-order chi connectivity index (χ0) is 18.0. The summed E-state index contributed by atoms with van der Waals surface area (Å²) in [6.45, 7) is 14.8. The summed E-state index contributed by atoms with van der Waals surface area (Å²) in [6.07, 6.45) is 0.566. The van der Waals surface area contributed by atoms with Gasteiger partial charge in [-0.3, -0.25) is 4.79 Å². The van der Waals surface area contributed by atoms with Crippen molar-refractivity contribution < 1.29 is 13.6 Å². The summed E-state index contributed by atoms with van der Waals surface area (Å²) in [6, 6.07) is -0.485. The average molecular weight is 342 g/mol. The predicted molar refractivity (Wildman–Crippen MR) is 95.7 cm³/mol. The van der Waals surface area contributed by atoms with E-state index in [4.69, 9.17) is 19.3 Å². The average Bonchev–Trinajstić information content (AvgIpc) is 2.46. The third kappa shape index (κ3) is 4.25. The quantitative estimate of drug-likeness (QED) is 0.801. The van der Waals surface area contributed by atoms with Gasteiger partial charge in [0.05, 0.1) is 25.3 Å². The second-order valence-corrected chi connectivity index (χ2v) is 12.2. The van der Waals surface area contributed by atoms with E-state index in [1.807, 2.05) is 6.92 Å². The van der Waals surface area contributed by atoms with E-state index in [9.17, 15) is 4.79 Å². The van der Waals surface area contributed by atoms with Crippen LogP contribution in [-0.4, -0.2) is 22.0 Å². The van der Waals surface area contributed by atoms with Crippen molar-refractivity contribution in [1.82, 2.24) is 0 Å². The molecule has 0 bridgehead atoms. The number of rotatable bonds is 6. The lowest BCUT2D eigenvalue weighted by Crippen LogP contribution is -2.42. The van der Waals surface area contributed by atoms with Gasteiger partial charge < -0.3 is 19.3 Å². The van der Waals surface area contributed by atoms with Crippen LogP contribution in [-0.2, 0) is 10.8 Å². The summed E-state index contributed by atoms with van der Waals surface area (Å²) in [5.74, 6) is 0.698. The lowest BCUT2D eigenvalue weighted by Gasteiger charge is -2.36. The molecule has 1 unspecified atom stereocenters. The Morgan fingerprint density at radius 2 is 1.87 bits per heavy atom. The predicted octanol–water partition coefficient (Wildman–Crippen LogP) is 3.54. The van der Waals surface area contributed by atoms with Gasteiger partial charge in [0, 0.05) is 5.56 Å². The van der Waals surface area contributed by atoms with Crippen molar-refractivity contribution in [3.8, 4) is 5.95 Å². The van der Waals surface area contributed by atoms with Gasteiger partial charge in [-0.1, -0.05) is 27.7 Å². The SMILES string of the molecule is CCc1c(C(N)CO[Si](C)(C)C(C)(C)C)oc(OC)c(C)c1=O.